The molecule has 6 nitrogen and oxygen atoms in total. The Hall–Kier alpha value is -1.92. The zero-order valence-electron chi connectivity index (χ0n) is 15.1. The first-order chi connectivity index (χ1) is 11.5. The van der Waals surface area contributed by atoms with Gasteiger partial charge in [0.25, 0.3) is 0 Å². The molecule has 0 bridgehead atoms. The first-order valence-corrected chi connectivity index (χ1v) is 8.47. The van der Waals surface area contributed by atoms with Crippen LogP contribution in [0.25, 0.3) is 0 Å². The molecule has 0 radical (unpaired) electrons. The Morgan fingerprint density at radius 2 is 2.21 bits per heavy atom. The van der Waals surface area contributed by atoms with Crippen molar-refractivity contribution >= 4 is 0 Å². The van der Waals surface area contributed by atoms with Gasteiger partial charge in [-0.25, -0.2) is 0 Å². The molecule has 1 aliphatic heterocycles. The molecule has 0 saturated carbocycles. The quantitative estimate of drug-likeness (QED) is 0.809. The van der Waals surface area contributed by atoms with E-state index in [2.05, 4.69) is 26.8 Å². The minimum Gasteiger partial charge on any atom is -0.489 e. The van der Waals surface area contributed by atoms with Crippen molar-refractivity contribution in [3.8, 4) is 5.75 Å². The van der Waals surface area contributed by atoms with Crippen LogP contribution < -0.4 is 4.74 Å². The highest BCUT2D eigenvalue weighted by Gasteiger charge is 2.25. The number of hydrogen-bond donors (Lipinski definition) is 0. The first-order valence-electron chi connectivity index (χ1n) is 8.47. The fraction of sp³-hybridized carbons (Fsp3) is 0.556. The lowest BCUT2D eigenvalue weighted by atomic mass is 10.2. The average Bonchev–Trinajstić information content (AvgIpc) is 3.09. The molecular formula is C18H27N5O. The summed E-state index contributed by atoms with van der Waals surface area (Å²) in [7, 11) is 6.10. The average molecular weight is 329 g/mol. The minimum absolute atomic E-state index is 0.244. The van der Waals surface area contributed by atoms with Gasteiger partial charge in [-0.1, -0.05) is 0 Å². The van der Waals surface area contributed by atoms with E-state index >= 15 is 0 Å². The van der Waals surface area contributed by atoms with Crippen molar-refractivity contribution in [2.75, 3.05) is 27.2 Å². The minimum atomic E-state index is 0.244. The molecule has 3 heterocycles. The topological polar surface area (TPSA) is 46.4 Å². The Bertz CT molecular complexity index is 662. The maximum atomic E-state index is 6.18. The van der Waals surface area contributed by atoms with Crippen molar-refractivity contribution in [2.45, 2.75) is 32.5 Å². The summed E-state index contributed by atoms with van der Waals surface area (Å²) in [5.74, 6) is 0.922. The van der Waals surface area contributed by atoms with Gasteiger partial charge >= 0.3 is 0 Å². The van der Waals surface area contributed by atoms with Gasteiger partial charge in [0.15, 0.2) is 0 Å². The maximum Gasteiger partial charge on any atom is 0.123 e. The summed E-state index contributed by atoms with van der Waals surface area (Å²) in [4.78, 5) is 8.95. The maximum absolute atomic E-state index is 6.18. The van der Waals surface area contributed by atoms with Crippen LogP contribution in [0, 0.1) is 6.92 Å². The van der Waals surface area contributed by atoms with Gasteiger partial charge in [0.05, 0.1) is 17.6 Å². The number of ether oxygens (including phenoxy) is 1. The van der Waals surface area contributed by atoms with Gasteiger partial charge in [-0.15, -0.1) is 0 Å². The highest BCUT2D eigenvalue weighted by molar-refractivity contribution is 5.23. The van der Waals surface area contributed by atoms with Crippen molar-refractivity contribution < 1.29 is 4.74 Å². The standard InChI is InChI=1S/C18H27N5O/c1-14-10-20-22(4)18(14)13-23-8-6-17(12-23)24-16-5-7-19-15(9-16)11-21(2)3/h5,7,9-10,17H,6,8,11-13H2,1-4H3. The molecule has 24 heavy (non-hydrogen) atoms. The number of nitrogens with zero attached hydrogens (tertiary/aromatic N) is 5. The second kappa shape index (κ2) is 7.32. The van der Waals surface area contributed by atoms with Crippen LogP contribution in [0.15, 0.2) is 24.5 Å². The van der Waals surface area contributed by atoms with Crippen molar-refractivity contribution in [1.29, 1.82) is 0 Å². The van der Waals surface area contributed by atoms with Gasteiger partial charge in [0.1, 0.15) is 11.9 Å². The molecule has 0 spiro atoms. The summed E-state index contributed by atoms with van der Waals surface area (Å²) in [5.41, 5.74) is 3.58. The summed E-state index contributed by atoms with van der Waals surface area (Å²) in [6, 6.07) is 4.00. The highest BCUT2D eigenvalue weighted by atomic mass is 16.5. The van der Waals surface area contributed by atoms with Gasteiger partial charge in [-0.05, 0) is 39.1 Å². The number of aryl methyl sites for hydroxylation is 2. The number of rotatable bonds is 6. The van der Waals surface area contributed by atoms with Crippen molar-refractivity contribution in [2.24, 2.45) is 7.05 Å². The number of pyridine rings is 1. The predicted molar refractivity (Wildman–Crippen MR) is 93.9 cm³/mol. The van der Waals surface area contributed by atoms with Crippen LogP contribution in [-0.2, 0) is 20.1 Å². The normalized spacial score (nSPS) is 18.5. The van der Waals surface area contributed by atoms with E-state index in [1.54, 1.807) is 0 Å². The molecule has 1 aliphatic rings. The second-order valence-corrected chi connectivity index (χ2v) is 6.88. The summed E-state index contributed by atoms with van der Waals surface area (Å²) >= 11 is 0. The predicted octanol–water partition coefficient (Wildman–Crippen LogP) is 1.84. The van der Waals surface area contributed by atoms with E-state index < -0.39 is 0 Å². The summed E-state index contributed by atoms with van der Waals surface area (Å²) in [6.07, 6.45) is 5.07. The number of likely N-dealkylation sites (tertiary alicyclic amines) is 1. The number of aromatic nitrogens is 3. The molecule has 0 amide bonds. The smallest absolute Gasteiger partial charge is 0.123 e. The lowest BCUT2D eigenvalue weighted by Gasteiger charge is -2.18. The first kappa shape index (κ1) is 16.9. The van der Waals surface area contributed by atoms with Gasteiger partial charge in [-0.2, -0.15) is 5.10 Å². The molecule has 3 rings (SSSR count). The second-order valence-electron chi connectivity index (χ2n) is 6.88. The summed E-state index contributed by atoms with van der Waals surface area (Å²) in [6.45, 7) is 5.90. The number of hydrogen-bond acceptors (Lipinski definition) is 5. The van der Waals surface area contributed by atoms with E-state index in [1.807, 2.05) is 50.4 Å². The third-order valence-electron chi connectivity index (χ3n) is 4.44. The molecule has 6 heteroatoms. The molecule has 1 unspecified atom stereocenters. The third-order valence-corrected chi connectivity index (χ3v) is 4.44. The highest BCUT2D eigenvalue weighted by Crippen LogP contribution is 2.21. The van der Waals surface area contributed by atoms with E-state index in [4.69, 9.17) is 4.74 Å². The molecule has 2 aromatic heterocycles. The summed E-state index contributed by atoms with van der Waals surface area (Å²) in [5, 5.41) is 4.33. The van der Waals surface area contributed by atoms with Crippen LogP contribution in [-0.4, -0.2) is 57.9 Å². The van der Waals surface area contributed by atoms with E-state index in [-0.39, 0.29) is 6.10 Å². The Labute approximate surface area is 144 Å². The largest absolute Gasteiger partial charge is 0.489 e. The van der Waals surface area contributed by atoms with E-state index in [1.165, 1.54) is 11.3 Å². The molecule has 2 aromatic rings. The molecule has 0 N–H and O–H groups in total. The SMILES string of the molecule is Cc1cnn(C)c1CN1CCC(Oc2ccnc(CN(C)C)c2)C1. The van der Waals surface area contributed by atoms with E-state index in [0.717, 1.165) is 44.0 Å². The third kappa shape index (κ3) is 4.13. The fourth-order valence-electron chi connectivity index (χ4n) is 3.18. The van der Waals surface area contributed by atoms with Crippen LogP contribution in [0.5, 0.6) is 5.75 Å². The van der Waals surface area contributed by atoms with Crippen molar-refractivity contribution in [3.63, 3.8) is 0 Å². The molecule has 1 fully saturated rings. The lowest BCUT2D eigenvalue weighted by molar-refractivity contribution is 0.196. The zero-order valence-corrected chi connectivity index (χ0v) is 15.1. The van der Waals surface area contributed by atoms with Gasteiger partial charge < -0.3 is 9.64 Å². The van der Waals surface area contributed by atoms with Crippen LogP contribution in [0.1, 0.15) is 23.4 Å². The van der Waals surface area contributed by atoms with Crippen LogP contribution in [0.4, 0.5) is 0 Å². The fourth-order valence-corrected chi connectivity index (χ4v) is 3.18. The van der Waals surface area contributed by atoms with Crippen molar-refractivity contribution in [1.82, 2.24) is 24.6 Å². The molecule has 0 aromatic carbocycles. The van der Waals surface area contributed by atoms with E-state index in [9.17, 15) is 0 Å². The van der Waals surface area contributed by atoms with Gasteiger partial charge in [-0.3, -0.25) is 14.6 Å². The Balaban J connectivity index is 1.56. The summed E-state index contributed by atoms with van der Waals surface area (Å²) < 4.78 is 8.16. The van der Waals surface area contributed by atoms with Crippen LogP contribution in [0.3, 0.4) is 0 Å². The van der Waals surface area contributed by atoms with Gasteiger partial charge in [0, 0.05) is 45.5 Å². The Morgan fingerprint density at radius 1 is 1.38 bits per heavy atom. The van der Waals surface area contributed by atoms with E-state index in [0.29, 0.717) is 0 Å². The molecule has 130 valence electrons. The Morgan fingerprint density at radius 3 is 2.92 bits per heavy atom. The van der Waals surface area contributed by atoms with Crippen molar-refractivity contribution in [3.05, 3.63) is 41.5 Å². The van der Waals surface area contributed by atoms with Crippen LogP contribution >= 0.6 is 0 Å². The lowest BCUT2D eigenvalue weighted by Crippen LogP contribution is -2.25. The monoisotopic (exact) mass is 329 g/mol. The molecular weight excluding hydrogens is 302 g/mol. The zero-order chi connectivity index (χ0) is 17.1. The molecule has 1 saturated heterocycles. The Kier molecular flexibility index (Phi) is 5.16. The molecule has 1 atom stereocenters. The van der Waals surface area contributed by atoms with Crippen LogP contribution in [0.2, 0.25) is 0 Å². The van der Waals surface area contributed by atoms with Gasteiger partial charge in [0.2, 0.25) is 0 Å². The molecule has 0 aliphatic carbocycles.